The number of carboxylic acids is 1. The summed E-state index contributed by atoms with van der Waals surface area (Å²) in [6.45, 7) is 5.41. The molecule has 0 radical (unpaired) electrons. The van der Waals surface area contributed by atoms with Crippen LogP contribution in [0.2, 0.25) is 0 Å². The number of nitrogens with zero attached hydrogens (tertiary/aromatic N) is 1. The predicted octanol–water partition coefficient (Wildman–Crippen LogP) is 1.52. The molecule has 0 bridgehead atoms. The molecule has 0 amide bonds. The third-order valence-corrected chi connectivity index (χ3v) is 2.28. The van der Waals surface area contributed by atoms with E-state index in [0.29, 0.717) is 12.8 Å². The third-order valence-electron chi connectivity index (χ3n) is 2.28. The Morgan fingerprint density at radius 1 is 1.64 bits per heavy atom. The highest BCUT2D eigenvalue weighted by Gasteiger charge is 2.33. The van der Waals surface area contributed by atoms with Crippen LogP contribution in [0, 0.1) is 11.3 Å². The van der Waals surface area contributed by atoms with E-state index in [-0.39, 0.29) is 6.04 Å². The molecule has 0 aromatic heterocycles. The van der Waals surface area contributed by atoms with Gasteiger partial charge < -0.3 is 5.11 Å². The van der Waals surface area contributed by atoms with E-state index >= 15 is 0 Å². The topological polar surface area (TPSA) is 73.1 Å². The Bertz CT molecular complexity index is 235. The molecule has 0 saturated carbocycles. The lowest BCUT2D eigenvalue weighted by atomic mass is 9.95. The first kappa shape index (κ1) is 12.9. The smallest absolute Gasteiger partial charge is 0.323 e. The molecule has 0 aliphatic rings. The van der Waals surface area contributed by atoms with E-state index < -0.39 is 11.5 Å². The molecule has 2 atom stereocenters. The van der Waals surface area contributed by atoms with Crippen LogP contribution in [0.25, 0.3) is 0 Å². The highest BCUT2D eigenvalue weighted by molar-refractivity contribution is 5.78. The van der Waals surface area contributed by atoms with Gasteiger partial charge in [-0.1, -0.05) is 20.3 Å². The van der Waals surface area contributed by atoms with Gasteiger partial charge in [-0.15, -0.1) is 0 Å². The first-order valence-electron chi connectivity index (χ1n) is 4.90. The van der Waals surface area contributed by atoms with Gasteiger partial charge in [-0.3, -0.25) is 10.1 Å². The normalized spacial score (nSPS) is 16.7. The Balaban J connectivity index is 4.52. The van der Waals surface area contributed by atoms with E-state index in [1.165, 1.54) is 0 Å². The number of nitrogens with one attached hydrogen (secondary N) is 1. The van der Waals surface area contributed by atoms with Crippen molar-refractivity contribution >= 4 is 5.97 Å². The molecule has 0 aliphatic carbocycles. The molecule has 0 aliphatic heterocycles. The molecule has 0 saturated heterocycles. The minimum Gasteiger partial charge on any atom is -0.480 e. The summed E-state index contributed by atoms with van der Waals surface area (Å²) < 4.78 is 0. The zero-order valence-corrected chi connectivity index (χ0v) is 9.00. The van der Waals surface area contributed by atoms with Crippen molar-refractivity contribution in [2.24, 2.45) is 0 Å². The second-order valence-electron chi connectivity index (χ2n) is 3.62. The molecule has 0 aromatic rings. The van der Waals surface area contributed by atoms with Crippen LogP contribution < -0.4 is 5.32 Å². The van der Waals surface area contributed by atoms with Crippen molar-refractivity contribution in [3.05, 3.63) is 0 Å². The van der Waals surface area contributed by atoms with Gasteiger partial charge in [-0.25, -0.2) is 0 Å². The lowest BCUT2D eigenvalue weighted by Gasteiger charge is -2.28. The molecule has 2 N–H and O–H groups in total. The SMILES string of the molecule is CCCC(C)(NC(C#N)CC)C(=O)O. The van der Waals surface area contributed by atoms with Gasteiger partial charge in [0.2, 0.25) is 0 Å². The number of carboxylic acid groups (broad SMARTS) is 1. The highest BCUT2D eigenvalue weighted by Crippen LogP contribution is 2.14. The van der Waals surface area contributed by atoms with Crippen molar-refractivity contribution in [3.8, 4) is 6.07 Å². The van der Waals surface area contributed by atoms with E-state index in [4.69, 9.17) is 10.4 Å². The highest BCUT2D eigenvalue weighted by atomic mass is 16.4. The second kappa shape index (κ2) is 5.61. The third kappa shape index (κ3) is 3.35. The molecule has 2 unspecified atom stereocenters. The molecular weight excluding hydrogens is 180 g/mol. The maximum atomic E-state index is 11.0. The van der Waals surface area contributed by atoms with Crippen molar-refractivity contribution in [1.29, 1.82) is 5.26 Å². The zero-order valence-electron chi connectivity index (χ0n) is 9.00. The van der Waals surface area contributed by atoms with Crippen LogP contribution in [0.4, 0.5) is 0 Å². The maximum Gasteiger partial charge on any atom is 0.323 e. The quantitative estimate of drug-likeness (QED) is 0.678. The van der Waals surface area contributed by atoms with Crippen LogP contribution in [0.3, 0.4) is 0 Å². The van der Waals surface area contributed by atoms with Crippen LogP contribution in [-0.2, 0) is 4.79 Å². The fraction of sp³-hybridized carbons (Fsp3) is 0.800. The molecule has 4 nitrogen and oxygen atoms in total. The van der Waals surface area contributed by atoms with E-state index in [2.05, 4.69) is 5.32 Å². The molecule has 0 rings (SSSR count). The van der Waals surface area contributed by atoms with Crippen molar-refractivity contribution in [1.82, 2.24) is 5.32 Å². The molecule has 14 heavy (non-hydrogen) atoms. The minimum atomic E-state index is -0.981. The minimum absolute atomic E-state index is 0.386. The average Bonchev–Trinajstić information content (AvgIpc) is 2.14. The Hall–Kier alpha value is -1.08. The van der Waals surface area contributed by atoms with Gasteiger partial charge in [0.15, 0.2) is 0 Å². The fourth-order valence-electron chi connectivity index (χ4n) is 1.35. The summed E-state index contributed by atoms with van der Waals surface area (Å²) >= 11 is 0. The Labute approximate surface area is 84.9 Å². The van der Waals surface area contributed by atoms with Gasteiger partial charge in [-0.2, -0.15) is 5.26 Å². The van der Waals surface area contributed by atoms with Crippen molar-refractivity contribution in [2.45, 2.75) is 51.6 Å². The van der Waals surface area contributed by atoms with E-state index in [9.17, 15) is 4.79 Å². The summed E-state index contributed by atoms with van der Waals surface area (Å²) in [6.07, 6.45) is 1.92. The van der Waals surface area contributed by atoms with Crippen molar-refractivity contribution in [3.63, 3.8) is 0 Å². The fourth-order valence-corrected chi connectivity index (χ4v) is 1.35. The van der Waals surface area contributed by atoms with Gasteiger partial charge >= 0.3 is 5.97 Å². The van der Waals surface area contributed by atoms with Gasteiger partial charge in [-0.05, 0) is 19.8 Å². The standard InChI is InChI=1S/C10H18N2O2/c1-4-6-10(3,9(13)14)12-8(5-2)7-11/h8,12H,4-6H2,1-3H3,(H,13,14). The lowest BCUT2D eigenvalue weighted by molar-refractivity contribution is -0.144. The number of rotatable bonds is 6. The van der Waals surface area contributed by atoms with Gasteiger partial charge in [0.05, 0.1) is 12.1 Å². The number of hydrogen-bond acceptors (Lipinski definition) is 3. The molecule has 80 valence electrons. The zero-order chi connectivity index (χ0) is 11.2. The van der Waals surface area contributed by atoms with Crippen molar-refractivity contribution < 1.29 is 9.90 Å². The van der Waals surface area contributed by atoms with Crippen LogP contribution >= 0.6 is 0 Å². The largest absolute Gasteiger partial charge is 0.480 e. The molecule has 0 spiro atoms. The summed E-state index contributed by atoms with van der Waals surface area (Å²) in [7, 11) is 0. The number of aliphatic carboxylic acids is 1. The molecule has 0 heterocycles. The summed E-state index contributed by atoms with van der Waals surface area (Å²) in [6, 6.07) is 1.66. The average molecular weight is 198 g/mol. The molecular formula is C10H18N2O2. The summed E-state index contributed by atoms with van der Waals surface area (Å²) in [4.78, 5) is 11.0. The van der Waals surface area contributed by atoms with Gasteiger partial charge in [0, 0.05) is 0 Å². The number of hydrogen-bond donors (Lipinski definition) is 2. The number of carbonyl (C=O) groups is 1. The molecule has 0 aromatic carbocycles. The van der Waals surface area contributed by atoms with E-state index in [0.717, 1.165) is 6.42 Å². The second-order valence-corrected chi connectivity index (χ2v) is 3.62. The Morgan fingerprint density at radius 3 is 2.50 bits per heavy atom. The van der Waals surface area contributed by atoms with Crippen LogP contribution in [0.5, 0.6) is 0 Å². The van der Waals surface area contributed by atoms with Gasteiger partial charge in [0.1, 0.15) is 5.54 Å². The lowest BCUT2D eigenvalue weighted by Crippen LogP contribution is -2.53. The number of nitriles is 1. The van der Waals surface area contributed by atoms with Crippen LogP contribution in [0.1, 0.15) is 40.0 Å². The molecule has 4 heteroatoms. The van der Waals surface area contributed by atoms with E-state index in [1.807, 2.05) is 19.9 Å². The maximum absolute atomic E-state index is 11.0. The van der Waals surface area contributed by atoms with Crippen molar-refractivity contribution in [2.75, 3.05) is 0 Å². The summed E-state index contributed by atoms with van der Waals surface area (Å²) in [5, 5.41) is 20.6. The Kier molecular flexibility index (Phi) is 5.18. The van der Waals surface area contributed by atoms with Gasteiger partial charge in [0.25, 0.3) is 0 Å². The summed E-state index contributed by atoms with van der Waals surface area (Å²) in [5.41, 5.74) is -0.981. The monoisotopic (exact) mass is 198 g/mol. The van der Waals surface area contributed by atoms with E-state index in [1.54, 1.807) is 6.92 Å². The molecule has 0 fully saturated rings. The van der Waals surface area contributed by atoms with Crippen LogP contribution in [0.15, 0.2) is 0 Å². The first-order chi connectivity index (χ1) is 6.50. The first-order valence-corrected chi connectivity index (χ1v) is 4.90. The predicted molar refractivity (Wildman–Crippen MR) is 53.8 cm³/mol. The van der Waals surface area contributed by atoms with Crippen LogP contribution in [-0.4, -0.2) is 22.7 Å². The summed E-state index contributed by atoms with van der Waals surface area (Å²) in [5.74, 6) is -0.895. The Morgan fingerprint density at radius 2 is 2.21 bits per heavy atom.